The Morgan fingerprint density at radius 1 is 1.13 bits per heavy atom. The van der Waals surface area contributed by atoms with E-state index < -0.39 is 5.92 Å². The molecule has 1 atom stereocenters. The highest BCUT2D eigenvalue weighted by Crippen LogP contribution is 2.48. The predicted molar refractivity (Wildman–Crippen MR) is 112 cm³/mol. The molecule has 1 unspecified atom stereocenters. The Bertz CT molecular complexity index is 1130. The van der Waals surface area contributed by atoms with Crippen LogP contribution < -0.4 is 19.9 Å². The summed E-state index contributed by atoms with van der Waals surface area (Å²) in [5.41, 5.74) is 9.65. The molecular weight excluding hydrogens is 380 g/mol. The van der Waals surface area contributed by atoms with Crippen molar-refractivity contribution in [2.45, 2.75) is 19.8 Å². The second-order valence-corrected chi connectivity index (χ2v) is 6.67. The predicted octanol–water partition coefficient (Wildman–Crippen LogP) is 4.09. The Morgan fingerprint density at radius 2 is 1.90 bits per heavy atom. The number of H-pyrrole nitrogens is 1. The fourth-order valence-electron chi connectivity index (χ4n) is 3.67. The van der Waals surface area contributed by atoms with E-state index in [-0.39, 0.29) is 5.88 Å². The zero-order valence-electron chi connectivity index (χ0n) is 16.8. The summed E-state index contributed by atoms with van der Waals surface area (Å²) in [6.45, 7) is 4.85. The van der Waals surface area contributed by atoms with Crippen LogP contribution >= 0.6 is 0 Å². The van der Waals surface area contributed by atoms with Gasteiger partial charge < -0.3 is 19.9 Å². The SMILES string of the molecule is CCOc1ccc(C2C(C#N)=C(N)Oc3n[nH]c(-c4ccccc4)c32)c(OCC)c1. The number of nitrogens with two attached hydrogens (primary N) is 1. The van der Waals surface area contributed by atoms with Crippen molar-refractivity contribution in [3.05, 3.63) is 71.1 Å². The third-order valence-electron chi connectivity index (χ3n) is 4.91. The molecule has 2 heterocycles. The number of aromatic amines is 1. The molecule has 4 rings (SSSR count). The lowest BCUT2D eigenvalue weighted by atomic mass is 9.82. The average Bonchev–Trinajstić information content (AvgIpc) is 3.18. The van der Waals surface area contributed by atoms with Crippen molar-refractivity contribution < 1.29 is 14.2 Å². The van der Waals surface area contributed by atoms with Gasteiger partial charge in [-0.05, 0) is 25.5 Å². The van der Waals surface area contributed by atoms with Crippen LogP contribution in [0.3, 0.4) is 0 Å². The Kier molecular flexibility index (Phi) is 5.31. The first-order valence-electron chi connectivity index (χ1n) is 9.78. The van der Waals surface area contributed by atoms with Gasteiger partial charge >= 0.3 is 0 Å². The molecule has 2 aromatic carbocycles. The van der Waals surface area contributed by atoms with Gasteiger partial charge in [-0.1, -0.05) is 36.4 Å². The molecule has 7 nitrogen and oxygen atoms in total. The lowest BCUT2D eigenvalue weighted by Gasteiger charge is -2.26. The van der Waals surface area contributed by atoms with Crippen molar-refractivity contribution in [2.24, 2.45) is 5.73 Å². The topological polar surface area (TPSA) is 106 Å². The van der Waals surface area contributed by atoms with Gasteiger partial charge in [0.1, 0.15) is 23.1 Å². The Hall–Kier alpha value is -3.92. The lowest BCUT2D eigenvalue weighted by molar-refractivity contribution is 0.319. The molecule has 7 heteroatoms. The summed E-state index contributed by atoms with van der Waals surface area (Å²) in [5.74, 6) is 1.22. The number of hydrogen-bond acceptors (Lipinski definition) is 6. The highest BCUT2D eigenvalue weighted by atomic mass is 16.5. The van der Waals surface area contributed by atoms with Crippen molar-refractivity contribution in [2.75, 3.05) is 13.2 Å². The minimum atomic E-state index is -0.495. The number of fused-ring (bicyclic) bond motifs is 1. The summed E-state index contributed by atoms with van der Waals surface area (Å²) in [4.78, 5) is 0. The molecule has 3 N–H and O–H groups in total. The average molecular weight is 402 g/mol. The second kappa shape index (κ2) is 8.21. The van der Waals surface area contributed by atoms with Gasteiger partial charge in [0.25, 0.3) is 0 Å². The smallest absolute Gasteiger partial charge is 0.244 e. The van der Waals surface area contributed by atoms with Gasteiger partial charge in [-0.3, -0.25) is 5.10 Å². The van der Waals surface area contributed by atoms with Crippen LogP contribution in [0, 0.1) is 11.3 Å². The standard InChI is InChI=1S/C23H22N4O3/c1-3-28-15-10-11-16(18(12-15)29-4-2)19-17(13-24)22(25)30-23-20(19)21(26-27-23)14-8-6-5-7-9-14/h5-12,19H,3-4,25H2,1-2H3,(H,26,27). The third kappa shape index (κ3) is 3.33. The molecule has 0 bridgehead atoms. The van der Waals surface area contributed by atoms with Crippen molar-refractivity contribution in [3.8, 4) is 34.7 Å². The van der Waals surface area contributed by atoms with Crippen LogP contribution in [0.15, 0.2) is 60.0 Å². The van der Waals surface area contributed by atoms with E-state index in [1.807, 2.05) is 62.4 Å². The Morgan fingerprint density at radius 3 is 2.60 bits per heavy atom. The maximum Gasteiger partial charge on any atom is 0.244 e. The number of benzene rings is 2. The van der Waals surface area contributed by atoms with Crippen LogP contribution in [-0.4, -0.2) is 23.4 Å². The maximum absolute atomic E-state index is 9.91. The van der Waals surface area contributed by atoms with Crippen molar-refractivity contribution in [3.63, 3.8) is 0 Å². The van der Waals surface area contributed by atoms with Crippen LogP contribution in [0.4, 0.5) is 0 Å². The minimum absolute atomic E-state index is 0.0393. The number of hydrogen-bond donors (Lipinski definition) is 2. The molecule has 0 fully saturated rings. The molecule has 30 heavy (non-hydrogen) atoms. The van der Waals surface area contributed by atoms with E-state index in [1.165, 1.54) is 0 Å². The number of nitrogens with zero attached hydrogens (tertiary/aromatic N) is 2. The van der Waals surface area contributed by atoms with Gasteiger partial charge in [-0.25, -0.2) is 0 Å². The van der Waals surface area contributed by atoms with E-state index in [2.05, 4.69) is 16.3 Å². The van der Waals surface area contributed by atoms with Crippen molar-refractivity contribution in [1.29, 1.82) is 5.26 Å². The lowest BCUT2D eigenvalue weighted by Crippen LogP contribution is -2.21. The number of allylic oxidation sites excluding steroid dienone is 1. The highest BCUT2D eigenvalue weighted by molar-refractivity contribution is 5.71. The molecule has 3 aromatic rings. The van der Waals surface area contributed by atoms with Crippen LogP contribution in [0.25, 0.3) is 11.3 Å². The fraction of sp³-hybridized carbons (Fsp3) is 0.217. The molecule has 0 radical (unpaired) electrons. The second-order valence-electron chi connectivity index (χ2n) is 6.67. The molecule has 1 aromatic heterocycles. The van der Waals surface area contributed by atoms with E-state index >= 15 is 0 Å². The molecule has 1 aliphatic rings. The van der Waals surface area contributed by atoms with Gasteiger partial charge in [0.15, 0.2) is 0 Å². The van der Waals surface area contributed by atoms with E-state index in [9.17, 15) is 5.26 Å². The quantitative estimate of drug-likeness (QED) is 0.643. The summed E-state index contributed by atoms with van der Waals surface area (Å²) in [5, 5.41) is 17.3. The number of nitrogens with one attached hydrogen (secondary N) is 1. The monoisotopic (exact) mass is 402 g/mol. The fourth-order valence-corrected chi connectivity index (χ4v) is 3.67. The van der Waals surface area contributed by atoms with Crippen LogP contribution in [-0.2, 0) is 0 Å². The highest BCUT2D eigenvalue weighted by Gasteiger charge is 2.37. The number of aromatic nitrogens is 2. The Balaban J connectivity index is 1.94. The molecule has 0 aliphatic carbocycles. The molecule has 0 saturated carbocycles. The normalized spacial score (nSPS) is 15.2. The van der Waals surface area contributed by atoms with Crippen molar-refractivity contribution >= 4 is 0 Å². The summed E-state index contributed by atoms with van der Waals surface area (Å²) in [6, 6.07) is 17.6. The van der Waals surface area contributed by atoms with Gasteiger partial charge in [-0.15, -0.1) is 5.10 Å². The van der Waals surface area contributed by atoms with Gasteiger partial charge in [-0.2, -0.15) is 5.26 Å². The first-order valence-corrected chi connectivity index (χ1v) is 9.78. The summed E-state index contributed by atoms with van der Waals surface area (Å²) in [6.07, 6.45) is 0. The van der Waals surface area contributed by atoms with Gasteiger partial charge in [0, 0.05) is 11.6 Å². The van der Waals surface area contributed by atoms with E-state index in [0.29, 0.717) is 36.2 Å². The maximum atomic E-state index is 9.91. The Labute approximate surface area is 174 Å². The number of ether oxygens (including phenoxy) is 3. The van der Waals surface area contributed by atoms with Crippen LogP contribution in [0.1, 0.15) is 30.9 Å². The van der Waals surface area contributed by atoms with Crippen molar-refractivity contribution in [1.82, 2.24) is 10.2 Å². The largest absolute Gasteiger partial charge is 0.494 e. The minimum Gasteiger partial charge on any atom is -0.494 e. The molecule has 1 aliphatic heterocycles. The van der Waals surface area contributed by atoms with E-state index in [4.69, 9.17) is 19.9 Å². The first-order chi connectivity index (χ1) is 14.7. The summed E-state index contributed by atoms with van der Waals surface area (Å²) in [7, 11) is 0. The summed E-state index contributed by atoms with van der Waals surface area (Å²) < 4.78 is 17.2. The van der Waals surface area contributed by atoms with Gasteiger partial charge in [0.05, 0.1) is 30.4 Å². The van der Waals surface area contributed by atoms with Crippen LogP contribution in [0.5, 0.6) is 17.4 Å². The molecule has 0 saturated heterocycles. The van der Waals surface area contributed by atoms with Gasteiger partial charge in [0.2, 0.25) is 11.8 Å². The summed E-state index contributed by atoms with van der Waals surface area (Å²) >= 11 is 0. The van der Waals surface area contributed by atoms with E-state index in [0.717, 1.165) is 22.4 Å². The van der Waals surface area contributed by atoms with E-state index in [1.54, 1.807) is 0 Å². The molecule has 152 valence electrons. The first kappa shape index (κ1) is 19.4. The molecule has 0 spiro atoms. The number of rotatable bonds is 6. The zero-order valence-corrected chi connectivity index (χ0v) is 16.8. The number of nitriles is 1. The van der Waals surface area contributed by atoms with Crippen LogP contribution in [0.2, 0.25) is 0 Å². The molecular formula is C23H22N4O3. The molecule has 0 amide bonds. The zero-order chi connectivity index (χ0) is 21.1. The third-order valence-corrected chi connectivity index (χ3v) is 4.91.